The van der Waals surface area contributed by atoms with Crippen LogP contribution < -0.4 is 0 Å². The van der Waals surface area contributed by atoms with Gasteiger partial charge in [0.1, 0.15) is 0 Å². The van der Waals surface area contributed by atoms with Gasteiger partial charge in [-0.05, 0) is 11.8 Å². The van der Waals surface area contributed by atoms with Gasteiger partial charge < -0.3 is 9.84 Å². The summed E-state index contributed by atoms with van der Waals surface area (Å²) in [7, 11) is 0. The van der Waals surface area contributed by atoms with E-state index in [-0.39, 0.29) is 11.5 Å². The van der Waals surface area contributed by atoms with Gasteiger partial charge in [-0.1, -0.05) is 38.2 Å². The van der Waals surface area contributed by atoms with Crippen molar-refractivity contribution < 1.29 is 9.84 Å². The average molecular weight is 206 g/mol. The highest BCUT2D eigenvalue weighted by Crippen LogP contribution is 2.55. The molecular formula is C13H18O2. The summed E-state index contributed by atoms with van der Waals surface area (Å²) in [5.41, 5.74) is 0.0995. The second-order valence-electron chi connectivity index (χ2n) is 5.37. The monoisotopic (exact) mass is 206 g/mol. The highest BCUT2D eigenvalue weighted by atomic mass is 16.5. The average Bonchev–Trinajstić information content (AvgIpc) is 2.53. The molecule has 0 amide bonds. The first kappa shape index (κ1) is 9.61. The summed E-state index contributed by atoms with van der Waals surface area (Å²) in [6.07, 6.45) is 8.25. The summed E-state index contributed by atoms with van der Waals surface area (Å²) >= 11 is 0. The van der Waals surface area contributed by atoms with Crippen molar-refractivity contribution in [2.75, 3.05) is 6.61 Å². The van der Waals surface area contributed by atoms with Crippen molar-refractivity contribution in [1.82, 2.24) is 0 Å². The molecule has 2 aliphatic carbocycles. The van der Waals surface area contributed by atoms with Crippen molar-refractivity contribution in [3.05, 3.63) is 24.3 Å². The molecule has 3 rings (SSSR count). The topological polar surface area (TPSA) is 29.5 Å². The minimum absolute atomic E-state index is 0.00935. The fraction of sp³-hybridized carbons (Fsp3) is 0.692. The van der Waals surface area contributed by atoms with E-state index in [1.165, 1.54) is 0 Å². The summed E-state index contributed by atoms with van der Waals surface area (Å²) in [6.45, 7) is 5.28. The van der Waals surface area contributed by atoms with E-state index < -0.39 is 6.10 Å². The first-order valence-corrected chi connectivity index (χ1v) is 5.80. The first-order valence-electron chi connectivity index (χ1n) is 5.80. The van der Waals surface area contributed by atoms with E-state index in [0.717, 1.165) is 6.61 Å². The molecule has 0 bridgehead atoms. The highest BCUT2D eigenvalue weighted by Gasteiger charge is 2.57. The fourth-order valence-electron chi connectivity index (χ4n) is 3.66. The van der Waals surface area contributed by atoms with Crippen molar-refractivity contribution in [2.24, 2.45) is 23.2 Å². The highest BCUT2D eigenvalue weighted by molar-refractivity contribution is 5.24. The molecule has 0 unspecified atom stereocenters. The van der Waals surface area contributed by atoms with Gasteiger partial charge in [-0.25, -0.2) is 0 Å². The number of hydrogen-bond acceptors (Lipinski definition) is 2. The van der Waals surface area contributed by atoms with Gasteiger partial charge in [-0.2, -0.15) is 0 Å². The molecule has 1 saturated heterocycles. The van der Waals surface area contributed by atoms with Crippen LogP contribution in [0.4, 0.5) is 0 Å². The lowest BCUT2D eigenvalue weighted by atomic mass is 9.56. The Hall–Kier alpha value is -0.600. The maximum absolute atomic E-state index is 9.95. The Bertz CT molecular complexity index is 333. The van der Waals surface area contributed by atoms with Crippen LogP contribution in [-0.2, 0) is 4.74 Å². The van der Waals surface area contributed by atoms with E-state index in [0.29, 0.717) is 17.8 Å². The van der Waals surface area contributed by atoms with Gasteiger partial charge in [0, 0.05) is 11.3 Å². The van der Waals surface area contributed by atoms with E-state index in [4.69, 9.17) is 4.74 Å². The predicted molar refractivity (Wildman–Crippen MR) is 58.3 cm³/mol. The molecule has 2 nitrogen and oxygen atoms in total. The Morgan fingerprint density at radius 2 is 2.07 bits per heavy atom. The molecule has 1 aliphatic heterocycles. The number of aliphatic hydroxyl groups excluding tert-OH is 1. The minimum Gasteiger partial charge on any atom is -0.386 e. The lowest BCUT2D eigenvalue weighted by Crippen LogP contribution is -2.50. The lowest BCUT2D eigenvalue weighted by molar-refractivity contribution is -0.0539. The smallest absolute Gasteiger partial charge is 0.0988 e. The molecule has 1 heterocycles. The summed E-state index contributed by atoms with van der Waals surface area (Å²) in [4.78, 5) is 0. The molecule has 0 aromatic rings. The molecular weight excluding hydrogens is 188 g/mol. The number of rotatable bonds is 0. The van der Waals surface area contributed by atoms with Crippen LogP contribution in [0.1, 0.15) is 13.8 Å². The van der Waals surface area contributed by atoms with Crippen LogP contribution in [0.3, 0.4) is 0 Å². The first-order chi connectivity index (χ1) is 7.14. The Morgan fingerprint density at radius 1 is 1.27 bits per heavy atom. The largest absolute Gasteiger partial charge is 0.386 e. The zero-order valence-corrected chi connectivity index (χ0v) is 9.26. The van der Waals surface area contributed by atoms with E-state index >= 15 is 0 Å². The van der Waals surface area contributed by atoms with Crippen molar-refractivity contribution in [1.29, 1.82) is 0 Å². The SMILES string of the molecule is C[C@H]1C=C[C@H]2CO[C@H]3[C@@H](O)C=C[C@@H]1[C@@]23C. The predicted octanol–water partition coefficient (Wildman–Crippen LogP) is 1.76. The molecule has 0 aromatic heterocycles. The lowest BCUT2D eigenvalue weighted by Gasteiger charge is -2.48. The van der Waals surface area contributed by atoms with E-state index in [9.17, 15) is 5.11 Å². The van der Waals surface area contributed by atoms with Crippen LogP contribution >= 0.6 is 0 Å². The van der Waals surface area contributed by atoms with E-state index in [1.807, 2.05) is 6.08 Å². The molecule has 2 heteroatoms. The number of allylic oxidation sites excluding steroid dienone is 2. The Kier molecular flexibility index (Phi) is 1.89. The van der Waals surface area contributed by atoms with Gasteiger partial charge in [-0.15, -0.1) is 0 Å². The summed E-state index contributed by atoms with van der Waals surface area (Å²) in [5.74, 6) is 1.55. The second-order valence-corrected chi connectivity index (χ2v) is 5.37. The standard InChI is InChI=1S/C13H18O2/c1-8-3-4-9-7-15-12-11(14)6-5-10(8)13(9,12)2/h3-6,8-12,14H,7H2,1-2H3/t8-,9-,10-,11-,12-,13+/m0/s1. The molecule has 0 radical (unpaired) electrons. The maximum atomic E-state index is 9.95. The van der Waals surface area contributed by atoms with Crippen LogP contribution in [0.2, 0.25) is 0 Å². The third-order valence-electron chi connectivity index (χ3n) is 4.62. The van der Waals surface area contributed by atoms with Gasteiger partial charge in [0.15, 0.2) is 0 Å². The summed E-state index contributed by atoms with van der Waals surface area (Å²) < 4.78 is 5.78. The van der Waals surface area contributed by atoms with Gasteiger partial charge in [-0.3, -0.25) is 0 Å². The van der Waals surface area contributed by atoms with Crippen molar-refractivity contribution in [3.63, 3.8) is 0 Å². The number of aliphatic hydroxyl groups is 1. The van der Waals surface area contributed by atoms with Crippen LogP contribution in [-0.4, -0.2) is 23.9 Å². The zero-order chi connectivity index (χ0) is 10.6. The maximum Gasteiger partial charge on any atom is 0.0988 e. The second kappa shape index (κ2) is 2.96. The minimum atomic E-state index is -0.421. The molecule has 0 spiro atoms. The Balaban J connectivity index is 2.10. The van der Waals surface area contributed by atoms with Crippen molar-refractivity contribution >= 4 is 0 Å². The molecule has 82 valence electrons. The summed E-state index contributed by atoms with van der Waals surface area (Å²) in [6, 6.07) is 0. The molecule has 6 atom stereocenters. The quantitative estimate of drug-likeness (QED) is 0.612. The molecule has 1 N–H and O–H groups in total. The van der Waals surface area contributed by atoms with Crippen molar-refractivity contribution in [3.8, 4) is 0 Å². The molecule has 1 fully saturated rings. The van der Waals surface area contributed by atoms with Crippen LogP contribution in [0.15, 0.2) is 24.3 Å². The van der Waals surface area contributed by atoms with Crippen molar-refractivity contribution in [2.45, 2.75) is 26.1 Å². The van der Waals surface area contributed by atoms with Gasteiger partial charge in [0.2, 0.25) is 0 Å². The fourth-order valence-corrected chi connectivity index (χ4v) is 3.66. The Morgan fingerprint density at radius 3 is 2.87 bits per heavy atom. The summed E-state index contributed by atoms with van der Waals surface area (Å²) in [5, 5.41) is 9.95. The third-order valence-corrected chi connectivity index (χ3v) is 4.62. The van der Waals surface area contributed by atoms with Crippen LogP contribution in [0, 0.1) is 23.2 Å². The molecule has 0 saturated carbocycles. The Labute approximate surface area is 90.6 Å². The number of hydrogen-bond donors (Lipinski definition) is 1. The normalized spacial score (nSPS) is 56.9. The van der Waals surface area contributed by atoms with E-state index in [2.05, 4.69) is 32.1 Å². The number of ether oxygens (including phenoxy) is 1. The van der Waals surface area contributed by atoms with E-state index in [1.54, 1.807) is 0 Å². The molecule has 0 aromatic carbocycles. The van der Waals surface area contributed by atoms with Gasteiger partial charge in [0.05, 0.1) is 18.8 Å². The zero-order valence-electron chi connectivity index (χ0n) is 9.26. The van der Waals surface area contributed by atoms with Gasteiger partial charge >= 0.3 is 0 Å². The molecule has 15 heavy (non-hydrogen) atoms. The van der Waals surface area contributed by atoms with Crippen LogP contribution in [0.25, 0.3) is 0 Å². The van der Waals surface area contributed by atoms with Gasteiger partial charge in [0.25, 0.3) is 0 Å². The third kappa shape index (κ3) is 1.07. The van der Waals surface area contributed by atoms with Crippen LogP contribution in [0.5, 0.6) is 0 Å². The molecule has 3 aliphatic rings.